The van der Waals surface area contributed by atoms with Crippen molar-refractivity contribution in [2.45, 2.75) is 32.4 Å². The van der Waals surface area contributed by atoms with Crippen LogP contribution in [0.3, 0.4) is 0 Å². The monoisotopic (exact) mass is 227 g/mol. The zero-order chi connectivity index (χ0) is 12.0. The van der Waals surface area contributed by atoms with Crippen molar-refractivity contribution in [3.8, 4) is 5.75 Å². The summed E-state index contributed by atoms with van der Waals surface area (Å²) in [5.41, 5.74) is 0.503. The molecule has 0 saturated heterocycles. The molecule has 3 nitrogen and oxygen atoms in total. The molecule has 0 amide bonds. The van der Waals surface area contributed by atoms with Gasteiger partial charge < -0.3 is 15.5 Å². The van der Waals surface area contributed by atoms with E-state index in [2.05, 4.69) is 5.32 Å². The second-order valence-electron chi connectivity index (χ2n) is 3.85. The van der Waals surface area contributed by atoms with Crippen molar-refractivity contribution in [3.63, 3.8) is 0 Å². The highest BCUT2D eigenvalue weighted by molar-refractivity contribution is 5.32. The van der Waals surface area contributed by atoms with Gasteiger partial charge in [-0.1, -0.05) is 13.3 Å². The number of benzene rings is 1. The third-order valence-electron chi connectivity index (χ3n) is 2.36. The molecule has 4 heteroatoms. The van der Waals surface area contributed by atoms with Crippen LogP contribution in [0.25, 0.3) is 0 Å². The molecule has 1 rings (SSSR count). The largest absolute Gasteiger partial charge is 0.508 e. The maximum Gasteiger partial charge on any atom is 0.123 e. The van der Waals surface area contributed by atoms with E-state index in [1.165, 1.54) is 18.2 Å². The van der Waals surface area contributed by atoms with Crippen molar-refractivity contribution < 1.29 is 14.6 Å². The highest BCUT2D eigenvalue weighted by Crippen LogP contribution is 2.17. The van der Waals surface area contributed by atoms with Gasteiger partial charge in [0.15, 0.2) is 0 Å². The second kappa shape index (κ2) is 6.45. The first-order valence-electron chi connectivity index (χ1n) is 5.49. The summed E-state index contributed by atoms with van der Waals surface area (Å²) in [4.78, 5) is 0. The lowest BCUT2D eigenvalue weighted by Gasteiger charge is -2.11. The lowest BCUT2D eigenvalue weighted by Crippen LogP contribution is -2.26. The number of rotatable bonds is 6. The molecule has 1 unspecified atom stereocenters. The summed E-state index contributed by atoms with van der Waals surface area (Å²) in [7, 11) is 0. The predicted molar refractivity (Wildman–Crippen MR) is 60.7 cm³/mol. The quantitative estimate of drug-likeness (QED) is 0.694. The molecule has 0 aliphatic heterocycles. The number of phenolic OH excluding ortho intramolecular Hbond substituents is 1. The smallest absolute Gasteiger partial charge is 0.123 e. The molecule has 90 valence electrons. The molecule has 0 fully saturated rings. The van der Waals surface area contributed by atoms with Gasteiger partial charge >= 0.3 is 0 Å². The van der Waals surface area contributed by atoms with Crippen molar-refractivity contribution in [2.24, 2.45) is 0 Å². The van der Waals surface area contributed by atoms with Crippen LogP contribution in [0.15, 0.2) is 18.2 Å². The fourth-order valence-corrected chi connectivity index (χ4v) is 1.50. The predicted octanol–water partition coefficient (Wildman–Crippen LogP) is 1.78. The Morgan fingerprint density at radius 2 is 2.19 bits per heavy atom. The molecule has 0 aliphatic rings. The molecule has 0 aliphatic carbocycles. The first kappa shape index (κ1) is 12.9. The van der Waals surface area contributed by atoms with Gasteiger partial charge in [0.1, 0.15) is 11.6 Å². The van der Waals surface area contributed by atoms with Crippen LogP contribution in [-0.4, -0.2) is 22.9 Å². The molecule has 0 saturated carbocycles. The van der Waals surface area contributed by atoms with Crippen LogP contribution in [0.1, 0.15) is 25.3 Å². The molecule has 0 aromatic heterocycles. The number of aliphatic hydroxyl groups is 1. The molecule has 1 aromatic rings. The van der Waals surface area contributed by atoms with Crippen LogP contribution in [-0.2, 0) is 6.54 Å². The fraction of sp³-hybridized carbons (Fsp3) is 0.500. The van der Waals surface area contributed by atoms with Gasteiger partial charge in [-0.15, -0.1) is 0 Å². The average molecular weight is 227 g/mol. The number of halogens is 1. The molecule has 3 N–H and O–H groups in total. The molecular weight excluding hydrogens is 209 g/mol. The topological polar surface area (TPSA) is 52.5 Å². The van der Waals surface area contributed by atoms with E-state index in [9.17, 15) is 14.6 Å². The van der Waals surface area contributed by atoms with Crippen molar-refractivity contribution in [1.82, 2.24) is 5.32 Å². The van der Waals surface area contributed by atoms with E-state index in [0.29, 0.717) is 18.7 Å². The molecule has 0 radical (unpaired) electrons. The average Bonchev–Trinajstić information content (AvgIpc) is 2.23. The minimum Gasteiger partial charge on any atom is -0.508 e. The number of aromatic hydroxyl groups is 1. The number of hydrogen-bond acceptors (Lipinski definition) is 3. The summed E-state index contributed by atoms with van der Waals surface area (Å²) in [5, 5.41) is 21.9. The van der Waals surface area contributed by atoms with Gasteiger partial charge in [-0.3, -0.25) is 0 Å². The lowest BCUT2D eigenvalue weighted by atomic mass is 10.2. The Hall–Kier alpha value is -1.13. The Morgan fingerprint density at radius 3 is 2.88 bits per heavy atom. The van der Waals surface area contributed by atoms with E-state index in [1.54, 1.807) is 0 Å². The molecule has 16 heavy (non-hydrogen) atoms. The van der Waals surface area contributed by atoms with Crippen molar-refractivity contribution in [3.05, 3.63) is 29.6 Å². The summed E-state index contributed by atoms with van der Waals surface area (Å²) in [6, 6.07) is 3.83. The van der Waals surface area contributed by atoms with Crippen LogP contribution in [0.2, 0.25) is 0 Å². The molecule has 0 spiro atoms. The van der Waals surface area contributed by atoms with Crippen molar-refractivity contribution in [2.75, 3.05) is 6.54 Å². The Labute approximate surface area is 94.9 Å². The van der Waals surface area contributed by atoms with Crippen LogP contribution in [0, 0.1) is 5.82 Å². The van der Waals surface area contributed by atoms with Crippen LogP contribution in [0.5, 0.6) is 5.75 Å². The molecule has 1 atom stereocenters. The van der Waals surface area contributed by atoms with Crippen molar-refractivity contribution in [1.29, 1.82) is 0 Å². The summed E-state index contributed by atoms with van der Waals surface area (Å²) in [6.45, 7) is 2.80. The molecule has 1 aromatic carbocycles. The SMILES string of the molecule is CCCC(O)CNCc1cc(F)ccc1O. The summed E-state index contributed by atoms with van der Waals surface area (Å²) < 4.78 is 12.9. The Balaban J connectivity index is 2.39. The number of nitrogens with one attached hydrogen (secondary N) is 1. The minimum atomic E-state index is -0.388. The fourth-order valence-electron chi connectivity index (χ4n) is 1.50. The zero-order valence-electron chi connectivity index (χ0n) is 9.41. The van der Waals surface area contributed by atoms with E-state index in [4.69, 9.17) is 0 Å². The first-order chi connectivity index (χ1) is 7.63. The van der Waals surface area contributed by atoms with E-state index in [-0.39, 0.29) is 17.7 Å². The summed E-state index contributed by atoms with van der Waals surface area (Å²) >= 11 is 0. The lowest BCUT2D eigenvalue weighted by molar-refractivity contribution is 0.160. The van der Waals surface area contributed by atoms with Crippen LogP contribution < -0.4 is 5.32 Å². The van der Waals surface area contributed by atoms with Crippen LogP contribution in [0.4, 0.5) is 4.39 Å². The van der Waals surface area contributed by atoms with Crippen molar-refractivity contribution >= 4 is 0 Å². The number of hydrogen-bond donors (Lipinski definition) is 3. The van der Waals surface area contributed by atoms with Gasteiger partial charge in [0.2, 0.25) is 0 Å². The third-order valence-corrected chi connectivity index (χ3v) is 2.36. The van der Waals surface area contributed by atoms with E-state index in [0.717, 1.165) is 12.8 Å². The number of aliphatic hydroxyl groups excluding tert-OH is 1. The third kappa shape index (κ3) is 4.16. The van der Waals surface area contributed by atoms with E-state index in [1.807, 2.05) is 6.92 Å². The second-order valence-corrected chi connectivity index (χ2v) is 3.85. The van der Waals surface area contributed by atoms with Gasteiger partial charge in [0.05, 0.1) is 6.10 Å². The van der Waals surface area contributed by atoms with E-state index < -0.39 is 0 Å². The normalized spacial score (nSPS) is 12.7. The standard InChI is InChI=1S/C12H18FNO2/c1-2-3-11(15)8-14-7-9-6-10(13)4-5-12(9)16/h4-6,11,14-16H,2-3,7-8H2,1H3. The van der Waals surface area contributed by atoms with E-state index >= 15 is 0 Å². The van der Waals surface area contributed by atoms with Gasteiger partial charge in [0, 0.05) is 18.7 Å². The molecule has 0 bridgehead atoms. The zero-order valence-corrected chi connectivity index (χ0v) is 9.41. The highest BCUT2D eigenvalue weighted by Gasteiger charge is 2.05. The summed E-state index contributed by atoms with van der Waals surface area (Å²) in [6.07, 6.45) is 1.27. The van der Waals surface area contributed by atoms with Gasteiger partial charge in [-0.2, -0.15) is 0 Å². The summed E-state index contributed by atoms with van der Waals surface area (Å²) in [5.74, 6) is -0.303. The van der Waals surface area contributed by atoms with Gasteiger partial charge in [-0.25, -0.2) is 4.39 Å². The minimum absolute atomic E-state index is 0.0684. The Bertz CT molecular complexity index is 331. The number of phenols is 1. The Kier molecular flexibility index (Phi) is 5.22. The highest BCUT2D eigenvalue weighted by atomic mass is 19.1. The van der Waals surface area contributed by atoms with Gasteiger partial charge in [-0.05, 0) is 24.6 Å². The Morgan fingerprint density at radius 1 is 1.44 bits per heavy atom. The molecule has 0 heterocycles. The first-order valence-corrected chi connectivity index (χ1v) is 5.49. The maximum atomic E-state index is 12.9. The molecular formula is C12H18FNO2. The van der Waals surface area contributed by atoms with Crippen LogP contribution >= 0.6 is 0 Å². The maximum absolute atomic E-state index is 12.9. The van der Waals surface area contributed by atoms with Gasteiger partial charge in [0.25, 0.3) is 0 Å².